The van der Waals surface area contributed by atoms with Crippen molar-refractivity contribution < 1.29 is 4.79 Å². The largest absolute Gasteiger partial charge is 0.399 e. The van der Waals surface area contributed by atoms with Gasteiger partial charge in [0.1, 0.15) is 6.54 Å². The number of nitrogens with zero attached hydrogens (tertiary/aromatic N) is 2. The number of halogens is 1. The van der Waals surface area contributed by atoms with Crippen molar-refractivity contribution in [3.8, 4) is 0 Å². The van der Waals surface area contributed by atoms with Crippen LogP contribution in [-0.4, -0.2) is 15.7 Å². The molecule has 3 N–H and O–H groups in total. The Bertz CT molecular complexity index is 856. The molecule has 0 spiro atoms. The predicted molar refractivity (Wildman–Crippen MR) is 89.0 cm³/mol. The first-order chi connectivity index (χ1) is 10.5. The molecule has 0 aliphatic heterocycles. The number of hydrogen-bond donors (Lipinski definition) is 2. The van der Waals surface area contributed by atoms with Gasteiger partial charge in [0.25, 0.3) is 0 Å². The Hall–Kier alpha value is -2.53. The van der Waals surface area contributed by atoms with Crippen LogP contribution in [0.1, 0.15) is 5.56 Å². The highest BCUT2D eigenvalue weighted by atomic mass is 35.5. The molecular weight excluding hydrogens is 300 g/mol. The summed E-state index contributed by atoms with van der Waals surface area (Å²) in [5.41, 5.74) is 8.91. The molecule has 0 atom stereocenters. The Kier molecular flexibility index (Phi) is 3.73. The van der Waals surface area contributed by atoms with Crippen molar-refractivity contribution in [2.75, 3.05) is 11.1 Å². The predicted octanol–water partition coefficient (Wildman–Crippen LogP) is 3.22. The van der Waals surface area contributed by atoms with Crippen LogP contribution in [0.5, 0.6) is 0 Å². The van der Waals surface area contributed by atoms with E-state index in [0.29, 0.717) is 16.4 Å². The van der Waals surface area contributed by atoms with Crippen LogP contribution in [0.4, 0.5) is 11.4 Å². The van der Waals surface area contributed by atoms with Gasteiger partial charge >= 0.3 is 0 Å². The number of nitrogens with one attached hydrogen (secondary N) is 1. The van der Waals surface area contributed by atoms with E-state index < -0.39 is 0 Å². The van der Waals surface area contributed by atoms with Crippen LogP contribution in [-0.2, 0) is 11.3 Å². The van der Waals surface area contributed by atoms with Gasteiger partial charge in [-0.1, -0.05) is 17.7 Å². The molecule has 0 saturated heterocycles. The van der Waals surface area contributed by atoms with Crippen molar-refractivity contribution in [3.63, 3.8) is 0 Å². The Morgan fingerprint density at radius 1 is 1.32 bits per heavy atom. The SMILES string of the molecule is Cc1ccc(Cl)cc1NC(=O)Cn1ncc2ccc(N)cc21. The molecule has 112 valence electrons. The van der Waals surface area contributed by atoms with Gasteiger partial charge in [-0.2, -0.15) is 5.10 Å². The number of anilines is 2. The standard InChI is InChI=1S/C16H15ClN4O/c1-10-2-4-12(17)6-14(10)20-16(22)9-21-15-7-13(18)5-3-11(15)8-19-21/h2-8H,9,18H2,1H3,(H,20,22). The van der Waals surface area contributed by atoms with Crippen LogP contribution in [0.3, 0.4) is 0 Å². The Labute approximate surface area is 132 Å². The first-order valence-electron chi connectivity index (χ1n) is 6.80. The molecule has 0 unspecified atom stereocenters. The molecular formula is C16H15ClN4O. The fraction of sp³-hybridized carbons (Fsp3) is 0.125. The Morgan fingerprint density at radius 3 is 2.95 bits per heavy atom. The molecule has 1 heterocycles. The lowest BCUT2D eigenvalue weighted by Gasteiger charge is -2.09. The molecule has 0 aliphatic rings. The number of aryl methyl sites for hydroxylation is 1. The van der Waals surface area contributed by atoms with Gasteiger partial charge in [0.05, 0.1) is 11.7 Å². The number of hydrogen-bond acceptors (Lipinski definition) is 3. The summed E-state index contributed by atoms with van der Waals surface area (Å²) >= 11 is 5.96. The third kappa shape index (κ3) is 2.89. The molecule has 1 amide bonds. The molecule has 22 heavy (non-hydrogen) atoms. The van der Waals surface area contributed by atoms with Crippen molar-refractivity contribution >= 4 is 39.8 Å². The lowest BCUT2D eigenvalue weighted by atomic mass is 10.2. The van der Waals surface area contributed by atoms with Crippen molar-refractivity contribution in [3.05, 3.63) is 53.2 Å². The number of benzene rings is 2. The number of carbonyl (C=O) groups is 1. The summed E-state index contributed by atoms with van der Waals surface area (Å²) in [7, 11) is 0. The monoisotopic (exact) mass is 314 g/mol. The summed E-state index contributed by atoms with van der Waals surface area (Å²) in [6.45, 7) is 2.02. The van der Waals surface area contributed by atoms with Crippen LogP contribution < -0.4 is 11.1 Å². The fourth-order valence-corrected chi connectivity index (χ4v) is 2.44. The summed E-state index contributed by atoms with van der Waals surface area (Å²) in [6.07, 6.45) is 1.71. The lowest BCUT2D eigenvalue weighted by Crippen LogP contribution is -2.20. The number of nitrogen functional groups attached to an aromatic ring is 1. The first-order valence-corrected chi connectivity index (χ1v) is 7.18. The molecule has 2 aromatic carbocycles. The normalized spacial score (nSPS) is 10.8. The molecule has 0 radical (unpaired) electrons. The highest BCUT2D eigenvalue weighted by molar-refractivity contribution is 6.31. The highest BCUT2D eigenvalue weighted by Crippen LogP contribution is 2.21. The van der Waals surface area contributed by atoms with Gasteiger partial charge in [0.2, 0.25) is 5.91 Å². The number of rotatable bonds is 3. The quantitative estimate of drug-likeness (QED) is 0.729. The van der Waals surface area contributed by atoms with E-state index in [-0.39, 0.29) is 12.5 Å². The van der Waals surface area contributed by atoms with Crippen molar-refractivity contribution in [2.24, 2.45) is 0 Å². The molecule has 5 nitrogen and oxygen atoms in total. The van der Waals surface area contributed by atoms with Crippen LogP contribution in [0.15, 0.2) is 42.6 Å². The lowest BCUT2D eigenvalue weighted by molar-refractivity contribution is -0.116. The van der Waals surface area contributed by atoms with Crippen LogP contribution >= 0.6 is 11.6 Å². The van der Waals surface area contributed by atoms with Gasteiger partial charge in [0.15, 0.2) is 0 Å². The minimum Gasteiger partial charge on any atom is -0.399 e. The van der Waals surface area contributed by atoms with E-state index in [1.54, 1.807) is 29.1 Å². The minimum atomic E-state index is -0.169. The van der Waals surface area contributed by atoms with Gasteiger partial charge in [0, 0.05) is 21.8 Å². The van der Waals surface area contributed by atoms with E-state index in [9.17, 15) is 4.79 Å². The van der Waals surface area contributed by atoms with Crippen LogP contribution in [0.25, 0.3) is 10.9 Å². The summed E-state index contributed by atoms with van der Waals surface area (Å²) in [5, 5.41) is 8.61. The number of fused-ring (bicyclic) bond motifs is 1. The first kappa shape index (κ1) is 14.4. The molecule has 3 aromatic rings. The maximum Gasteiger partial charge on any atom is 0.246 e. The molecule has 1 aromatic heterocycles. The zero-order valence-corrected chi connectivity index (χ0v) is 12.8. The smallest absolute Gasteiger partial charge is 0.246 e. The van der Waals surface area contributed by atoms with E-state index in [2.05, 4.69) is 10.4 Å². The Balaban J connectivity index is 1.81. The van der Waals surface area contributed by atoms with Gasteiger partial charge in [-0.25, -0.2) is 0 Å². The van der Waals surface area contributed by atoms with Crippen molar-refractivity contribution in [1.82, 2.24) is 9.78 Å². The number of carbonyl (C=O) groups excluding carboxylic acids is 1. The van der Waals surface area contributed by atoms with E-state index in [1.807, 2.05) is 25.1 Å². The van der Waals surface area contributed by atoms with Crippen LogP contribution in [0, 0.1) is 6.92 Å². The molecule has 0 fully saturated rings. The topological polar surface area (TPSA) is 72.9 Å². The Morgan fingerprint density at radius 2 is 2.14 bits per heavy atom. The van der Waals surface area contributed by atoms with Gasteiger partial charge in [-0.15, -0.1) is 0 Å². The summed E-state index contributed by atoms with van der Waals surface area (Å²) in [6, 6.07) is 10.9. The van der Waals surface area contributed by atoms with E-state index >= 15 is 0 Å². The van der Waals surface area contributed by atoms with Gasteiger partial charge in [-0.3, -0.25) is 9.48 Å². The second-order valence-electron chi connectivity index (χ2n) is 5.13. The van der Waals surface area contributed by atoms with E-state index in [0.717, 1.165) is 16.5 Å². The second-order valence-corrected chi connectivity index (χ2v) is 5.56. The van der Waals surface area contributed by atoms with Gasteiger partial charge in [-0.05, 0) is 42.8 Å². The minimum absolute atomic E-state index is 0.110. The summed E-state index contributed by atoms with van der Waals surface area (Å²) < 4.78 is 1.63. The summed E-state index contributed by atoms with van der Waals surface area (Å²) in [4.78, 5) is 12.2. The average Bonchev–Trinajstić information content (AvgIpc) is 2.85. The zero-order chi connectivity index (χ0) is 15.7. The van der Waals surface area contributed by atoms with Crippen molar-refractivity contribution in [1.29, 1.82) is 0 Å². The molecule has 0 aliphatic carbocycles. The van der Waals surface area contributed by atoms with Crippen molar-refractivity contribution in [2.45, 2.75) is 13.5 Å². The molecule has 6 heteroatoms. The van der Waals surface area contributed by atoms with E-state index in [4.69, 9.17) is 17.3 Å². The third-order valence-electron chi connectivity index (χ3n) is 3.44. The average molecular weight is 315 g/mol. The highest BCUT2D eigenvalue weighted by Gasteiger charge is 2.10. The number of amides is 1. The van der Waals surface area contributed by atoms with Crippen LogP contribution in [0.2, 0.25) is 5.02 Å². The zero-order valence-electron chi connectivity index (χ0n) is 12.0. The second kappa shape index (κ2) is 5.69. The number of nitrogens with two attached hydrogens (primary N) is 1. The molecule has 0 saturated carbocycles. The molecule has 0 bridgehead atoms. The molecule has 3 rings (SSSR count). The fourth-order valence-electron chi connectivity index (χ4n) is 2.27. The van der Waals surface area contributed by atoms with E-state index in [1.165, 1.54) is 0 Å². The maximum atomic E-state index is 12.2. The third-order valence-corrected chi connectivity index (χ3v) is 3.67. The summed E-state index contributed by atoms with van der Waals surface area (Å²) in [5.74, 6) is -0.169. The van der Waals surface area contributed by atoms with Gasteiger partial charge < -0.3 is 11.1 Å². The maximum absolute atomic E-state index is 12.2. The number of aromatic nitrogens is 2.